The third-order valence-electron chi connectivity index (χ3n) is 4.22. The number of halogens is 1. The molecule has 0 radical (unpaired) electrons. The van der Waals surface area contributed by atoms with Crippen molar-refractivity contribution in [3.8, 4) is 11.5 Å². The number of carbonyl (C=O) groups excluding carboxylic acids is 2. The summed E-state index contributed by atoms with van der Waals surface area (Å²) >= 11 is 5.94. The number of hydrazone groups is 1. The quantitative estimate of drug-likeness (QED) is 0.468. The molecule has 2 rings (SSSR count). The topological polar surface area (TPSA) is 89.0 Å². The zero-order valence-electron chi connectivity index (χ0n) is 17.4. The normalized spacial score (nSPS) is 11.9. The van der Waals surface area contributed by atoms with Gasteiger partial charge in [0, 0.05) is 16.1 Å². The molecule has 2 aromatic rings. The summed E-state index contributed by atoms with van der Waals surface area (Å²) in [5.41, 5.74) is 3.51. The number of nitrogens with one attached hydrogen (secondary N) is 2. The van der Waals surface area contributed by atoms with Gasteiger partial charge in [-0.3, -0.25) is 9.59 Å². The minimum Gasteiger partial charge on any atom is -0.493 e. The van der Waals surface area contributed by atoms with Crippen LogP contribution in [0.5, 0.6) is 11.5 Å². The molecule has 0 heterocycles. The van der Waals surface area contributed by atoms with Gasteiger partial charge in [-0.2, -0.15) is 5.10 Å². The van der Waals surface area contributed by atoms with Gasteiger partial charge in [0.1, 0.15) is 6.04 Å². The van der Waals surface area contributed by atoms with E-state index in [1.54, 1.807) is 49.6 Å². The number of para-hydroxylation sites is 1. The molecule has 0 aliphatic heterocycles. The van der Waals surface area contributed by atoms with E-state index in [1.807, 2.05) is 20.8 Å². The van der Waals surface area contributed by atoms with Gasteiger partial charge >= 0.3 is 0 Å². The zero-order valence-corrected chi connectivity index (χ0v) is 18.2. The maximum absolute atomic E-state index is 12.6. The van der Waals surface area contributed by atoms with Crippen molar-refractivity contribution in [1.82, 2.24) is 10.7 Å². The molecule has 0 aliphatic carbocycles. The van der Waals surface area contributed by atoms with Crippen molar-refractivity contribution in [2.45, 2.75) is 26.8 Å². The Morgan fingerprint density at radius 3 is 2.57 bits per heavy atom. The molecule has 0 saturated heterocycles. The smallest absolute Gasteiger partial charge is 0.262 e. The standard InChI is InChI=1S/C22H26ClN3O4/c1-5-30-20-16(9-7-11-18(20)29-4)13-24-26-22(28)19(14(2)3)25-21(27)15-8-6-10-17(23)12-15/h6-14,19H,5H2,1-4H3,(H,25,27)(H,26,28). The lowest BCUT2D eigenvalue weighted by Gasteiger charge is -2.20. The highest BCUT2D eigenvalue weighted by atomic mass is 35.5. The molecule has 0 aliphatic rings. The van der Waals surface area contributed by atoms with Crippen LogP contribution in [0, 0.1) is 5.92 Å². The molecule has 0 saturated carbocycles. The van der Waals surface area contributed by atoms with Crippen molar-refractivity contribution >= 4 is 29.6 Å². The number of nitrogens with zero attached hydrogens (tertiary/aromatic N) is 1. The van der Waals surface area contributed by atoms with Crippen molar-refractivity contribution in [2.75, 3.05) is 13.7 Å². The van der Waals surface area contributed by atoms with Crippen molar-refractivity contribution < 1.29 is 19.1 Å². The van der Waals surface area contributed by atoms with E-state index in [-0.39, 0.29) is 11.8 Å². The number of methoxy groups -OCH3 is 1. The minimum atomic E-state index is -0.773. The van der Waals surface area contributed by atoms with Gasteiger partial charge in [-0.15, -0.1) is 0 Å². The van der Waals surface area contributed by atoms with Crippen LogP contribution in [0.1, 0.15) is 36.7 Å². The second-order valence-electron chi connectivity index (χ2n) is 6.75. The zero-order chi connectivity index (χ0) is 22.1. The number of carbonyl (C=O) groups is 2. The molecule has 2 N–H and O–H groups in total. The molecule has 0 fully saturated rings. The number of hydrogen-bond donors (Lipinski definition) is 2. The number of amides is 2. The molecule has 1 unspecified atom stereocenters. The lowest BCUT2D eigenvalue weighted by Crippen LogP contribution is -2.48. The van der Waals surface area contributed by atoms with Crippen LogP contribution in [-0.2, 0) is 4.79 Å². The first-order valence-electron chi connectivity index (χ1n) is 9.56. The third-order valence-corrected chi connectivity index (χ3v) is 4.45. The SMILES string of the molecule is CCOc1c(C=NNC(=O)C(NC(=O)c2cccc(Cl)c2)C(C)C)cccc1OC. The maximum atomic E-state index is 12.6. The van der Waals surface area contributed by atoms with Gasteiger partial charge in [0.2, 0.25) is 0 Å². The summed E-state index contributed by atoms with van der Waals surface area (Å²) < 4.78 is 10.9. The van der Waals surface area contributed by atoms with E-state index < -0.39 is 11.9 Å². The molecular formula is C22H26ClN3O4. The van der Waals surface area contributed by atoms with E-state index in [2.05, 4.69) is 15.8 Å². The number of hydrogen-bond acceptors (Lipinski definition) is 5. The van der Waals surface area contributed by atoms with Crippen molar-refractivity contribution in [2.24, 2.45) is 11.0 Å². The summed E-state index contributed by atoms with van der Waals surface area (Å²) in [4.78, 5) is 25.1. The second kappa shape index (κ2) is 11.2. The van der Waals surface area contributed by atoms with E-state index in [4.69, 9.17) is 21.1 Å². The van der Waals surface area contributed by atoms with Crippen molar-refractivity contribution in [1.29, 1.82) is 0 Å². The highest BCUT2D eigenvalue weighted by molar-refractivity contribution is 6.31. The first kappa shape index (κ1) is 23.2. The Bertz CT molecular complexity index is 915. The van der Waals surface area contributed by atoms with Gasteiger partial charge in [0.15, 0.2) is 11.5 Å². The average molecular weight is 432 g/mol. The average Bonchev–Trinajstić information content (AvgIpc) is 2.72. The highest BCUT2D eigenvalue weighted by Gasteiger charge is 2.24. The summed E-state index contributed by atoms with van der Waals surface area (Å²) in [6.45, 7) is 5.99. The summed E-state index contributed by atoms with van der Waals surface area (Å²) in [7, 11) is 1.55. The molecule has 2 amide bonds. The predicted molar refractivity (Wildman–Crippen MR) is 117 cm³/mol. The van der Waals surface area contributed by atoms with Crippen molar-refractivity contribution in [3.05, 3.63) is 58.6 Å². The maximum Gasteiger partial charge on any atom is 0.262 e. The van der Waals surface area contributed by atoms with Crippen LogP contribution in [0.15, 0.2) is 47.6 Å². The van der Waals surface area contributed by atoms with Crippen LogP contribution in [0.2, 0.25) is 5.02 Å². The summed E-state index contributed by atoms with van der Waals surface area (Å²) in [6, 6.07) is 11.1. The molecule has 8 heteroatoms. The van der Waals surface area contributed by atoms with Crippen LogP contribution in [0.3, 0.4) is 0 Å². The van der Waals surface area contributed by atoms with E-state index in [9.17, 15) is 9.59 Å². The van der Waals surface area contributed by atoms with Crippen LogP contribution < -0.4 is 20.2 Å². The van der Waals surface area contributed by atoms with Crippen LogP contribution in [-0.4, -0.2) is 37.8 Å². The molecule has 0 spiro atoms. The molecule has 1 atom stereocenters. The Balaban J connectivity index is 2.10. The third kappa shape index (κ3) is 6.22. The Kier molecular flexibility index (Phi) is 8.68. The van der Waals surface area contributed by atoms with Crippen LogP contribution in [0.4, 0.5) is 0 Å². The fraction of sp³-hybridized carbons (Fsp3) is 0.318. The first-order chi connectivity index (χ1) is 14.4. The van der Waals surface area contributed by atoms with Crippen LogP contribution in [0.25, 0.3) is 0 Å². The minimum absolute atomic E-state index is 0.154. The molecule has 30 heavy (non-hydrogen) atoms. The molecule has 0 aromatic heterocycles. The Morgan fingerprint density at radius 2 is 1.93 bits per heavy atom. The Hall–Kier alpha value is -3.06. The van der Waals surface area contributed by atoms with E-state index in [0.717, 1.165) is 0 Å². The van der Waals surface area contributed by atoms with Gasteiger partial charge in [0.05, 0.1) is 19.9 Å². The molecule has 0 bridgehead atoms. The largest absolute Gasteiger partial charge is 0.493 e. The van der Waals surface area contributed by atoms with Crippen molar-refractivity contribution in [3.63, 3.8) is 0 Å². The van der Waals surface area contributed by atoms with Gasteiger partial charge in [-0.1, -0.05) is 37.6 Å². The van der Waals surface area contributed by atoms with Gasteiger partial charge < -0.3 is 14.8 Å². The molecule has 2 aromatic carbocycles. The summed E-state index contributed by atoms with van der Waals surface area (Å²) in [5, 5.41) is 7.20. The van der Waals surface area contributed by atoms with E-state index >= 15 is 0 Å². The number of ether oxygens (including phenoxy) is 2. The fourth-order valence-corrected chi connectivity index (χ4v) is 2.91. The van der Waals surface area contributed by atoms with Gasteiger partial charge in [-0.25, -0.2) is 5.43 Å². The van der Waals surface area contributed by atoms with E-state index in [0.29, 0.717) is 34.3 Å². The Labute approximate surface area is 181 Å². The second-order valence-corrected chi connectivity index (χ2v) is 7.19. The highest BCUT2D eigenvalue weighted by Crippen LogP contribution is 2.29. The number of rotatable bonds is 9. The van der Waals surface area contributed by atoms with E-state index in [1.165, 1.54) is 6.21 Å². The fourth-order valence-electron chi connectivity index (χ4n) is 2.72. The van der Waals surface area contributed by atoms with Gasteiger partial charge in [-0.05, 0) is 43.2 Å². The number of benzene rings is 2. The lowest BCUT2D eigenvalue weighted by atomic mass is 10.0. The Morgan fingerprint density at radius 1 is 1.20 bits per heavy atom. The van der Waals surface area contributed by atoms with Gasteiger partial charge in [0.25, 0.3) is 11.8 Å². The predicted octanol–water partition coefficient (Wildman–Crippen LogP) is 3.65. The van der Waals surface area contributed by atoms with Crippen LogP contribution >= 0.6 is 11.6 Å². The molecular weight excluding hydrogens is 406 g/mol. The lowest BCUT2D eigenvalue weighted by molar-refractivity contribution is -0.123. The molecule has 7 nitrogen and oxygen atoms in total. The summed E-state index contributed by atoms with van der Waals surface area (Å²) in [5.74, 6) is 0.134. The first-order valence-corrected chi connectivity index (χ1v) is 9.94. The molecule has 160 valence electrons. The monoisotopic (exact) mass is 431 g/mol. The summed E-state index contributed by atoms with van der Waals surface area (Å²) in [6.07, 6.45) is 1.47.